The zero-order chi connectivity index (χ0) is 16.6. The number of nitrogens with one attached hydrogen (secondary N) is 3. The fourth-order valence-corrected chi connectivity index (χ4v) is 2.46. The molecule has 0 heterocycles. The van der Waals surface area contributed by atoms with E-state index in [0.29, 0.717) is 12.2 Å². The summed E-state index contributed by atoms with van der Waals surface area (Å²) in [4.78, 5) is 11.8. The van der Waals surface area contributed by atoms with E-state index in [1.807, 2.05) is 13.0 Å². The minimum Gasteiger partial charge on any atom is -0.335 e. The maximum atomic E-state index is 11.8. The van der Waals surface area contributed by atoms with Crippen molar-refractivity contribution in [3.8, 4) is 0 Å². The van der Waals surface area contributed by atoms with Gasteiger partial charge >= 0.3 is 6.03 Å². The van der Waals surface area contributed by atoms with Gasteiger partial charge in [-0.1, -0.05) is 25.1 Å². The Morgan fingerprint density at radius 3 is 2.73 bits per heavy atom. The largest absolute Gasteiger partial charge is 0.335 e. The Kier molecular flexibility index (Phi) is 6.91. The van der Waals surface area contributed by atoms with Crippen LogP contribution >= 0.6 is 0 Å². The topological polar surface area (TPSA) is 87.3 Å². The lowest BCUT2D eigenvalue weighted by atomic mass is 10.1. The Balaban J connectivity index is 2.55. The summed E-state index contributed by atoms with van der Waals surface area (Å²) in [5.41, 5.74) is 1.28. The molecule has 2 amide bonds. The van der Waals surface area contributed by atoms with Gasteiger partial charge in [0.25, 0.3) is 0 Å². The van der Waals surface area contributed by atoms with E-state index in [9.17, 15) is 13.2 Å². The van der Waals surface area contributed by atoms with Gasteiger partial charge in [-0.2, -0.15) is 0 Å². The second-order valence-electron chi connectivity index (χ2n) is 5.03. The zero-order valence-electron chi connectivity index (χ0n) is 12.9. The van der Waals surface area contributed by atoms with Crippen LogP contribution in [0.15, 0.2) is 36.9 Å². The fourth-order valence-electron chi connectivity index (χ4n) is 1.91. The number of amides is 2. The van der Waals surface area contributed by atoms with Crippen LogP contribution in [0.1, 0.15) is 25.3 Å². The third-order valence-electron chi connectivity index (χ3n) is 2.96. The first-order valence-corrected chi connectivity index (χ1v) is 8.95. The highest BCUT2D eigenvalue weighted by atomic mass is 32.2. The summed E-state index contributed by atoms with van der Waals surface area (Å²) in [6.45, 7) is 5.97. The number of rotatable bonds is 8. The van der Waals surface area contributed by atoms with Gasteiger partial charge in [0.2, 0.25) is 10.0 Å². The van der Waals surface area contributed by atoms with E-state index in [-0.39, 0.29) is 12.1 Å². The van der Waals surface area contributed by atoms with E-state index in [2.05, 4.69) is 21.9 Å². The van der Waals surface area contributed by atoms with Gasteiger partial charge in [-0.3, -0.25) is 4.72 Å². The summed E-state index contributed by atoms with van der Waals surface area (Å²) in [7, 11) is -3.31. The summed E-state index contributed by atoms with van der Waals surface area (Å²) in [6.07, 6.45) is 4.41. The number of benzene rings is 1. The molecule has 0 fully saturated rings. The number of carbonyl (C=O) groups excluding carboxylic acids is 1. The summed E-state index contributed by atoms with van der Waals surface area (Å²) in [5.74, 6) is 0. The SMILES string of the molecule is C=CC[C@H](CC)NC(=O)NCc1cccc(NS(C)(=O)=O)c1. The lowest BCUT2D eigenvalue weighted by Crippen LogP contribution is -2.41. The third-order valence-corrected chi connectivity index (χ3v) is 3.57. The minimum absolute atomic E-state index is 0.0655. The average molecular weight is 325 g/mol. The molecule has 0 spiro atoms. The van der Waals surface area contributed by atoms with Gasteiger partial charge in [-0.25, -0.2) is 13.2 Å². The predicted octanol–water partition coefficient (Wildman–Crippen LogP) is 2.21. The number of hydrogen-bond acceptors (Lipinski definition) is 3. The zero-order valence-corrected chi connectivity index (χ0v) is 13.7. The second-order valence-corrected chi connectivity index (χ2v) is 6.78. The van der Waals surface area contributed by atoms with Crippen LogP contribution in [0.3, 0.4) is 0 Å². The summed E-state index contributed by atoms with van der Waals surface area (Å²) < 4.78 is 24.8. The van der Waals surface area contributed by atoms with E-state index in [4.69, 9.17) is 0 Å². The molecule has 0 unspecified atom stereocenters. The number of carbonyl (C=O) groups is 1. The molecule has 0 saturated carbocycles. The molecule has 0 saturated heterocycles. The standard InChI is InChI=1S/C15H23N3O3S/c1-4-7-13(5-2)17-15(19)16-11-12-8-6-9-14(10-12)18-22(3,20)21/h4,6,8-10,13,18H,1,5,7,11H2,2-3H3,(H2,16,17,19)/t13-/m0/s1. The molecular formula is C15H23N3O3S. The first kappa shape index (κ1) is 18.0. The number of urea groups is 1. The van der Waals surface area contributed by atoms with Crippen LogP contribution in [0, 0.1) is 0 Å². The normalized spacial score (nSPS) is 12.3. The smallest absolute Gasteiger partial charge is 0.315 e. The molecule has 3 N–H and O–H groups in total. The molecule has 1 aromatic rings. The van der Waals surface area contributed by atoms with Crippen LogP contribution in [-0.2, 0) is 16.6 Å². The highest BCUT2D eigenvalue weighted by molar-refractivity contribution is 7.92. The van der Waals surface area contributed by atoms with E-state index < -0.39 is 10.0 Å². The molecule has 22 heavy (non-hydrogen) atoms. The molecule has 7 heteroatoms. The molecule has 122 valence electrons. The lowest BCUT2D eigenvalue weighted by Gasteiger charge is -2.16. The van der Waals surface area contributed by atoms with E-state index >= 15 is 0 Å². The van der Waals surface area contributed by atoms with Crippen LogP contribution in [0.5, 0.6) is 0 Å². The second kappa shape index (κ2) is 8.43. The first-order valence-electron chi connectivity index (χ1n) is 7.06. The van der Waals surface area contributed by atoms with Crippen LogP contribution < -0.4 is 15.4 Å². The van der Waals surface area contributed by atoms with Crippen LogP contribution in [0.25, 0.3) is 0 Å². The number of anilines is 1. The van der Waals surface area contributed by atoms with Crippen molar-refractivity contribution >= 4 is 21.7 Å². The Labute approximate surface area is 132 Å². The summed E-state index contributed by atoms with van der Waals surface area (Å²) in [5, 5.41) is 5.61. The molecule has 1 aromatic carbocycles. The van der Waals surface area contributed by atoms with Crippen molar-refractivity contribution in [2.75, 3.05) is 11.0 Å². The van der Waals surface area contributed by atoms with Crippen molar-refractivity contribution in [2.24, 2.45) is 0 Å². The maximum absolute atomic E-state index is 11.8. The molecule has 0 bridgehead atoms. The fraction of sp³-hybridized carbons (Fsp3) is 0.400. The van der Waals surface area contributed by atoms with Crippen LogP contribution in [0.2, 0.25) is 0 Å². The van der Waals surface area contributed by atoms with Gasteiger partial charge in [-0.05, 0) is 30.5 Å². The Morgan fingerprint density at radius 2 is 2.14 bits per heavy atom. The number of hydrogen-bond donors (Lipinski definition) is 3. The van der Waals surface area contributed by atoms with Gasteiger partial charge in [0.1, 0.15) is 0 Å². The minimum atomic E-state index is -3.31. The van der Waals surface area contributed by atoms with Crippen molar-refractivity contribution in [2.45, 2.75) is 32.4 Å². The van der Waals surface area contributed by atoms with Gasteiger partial charge in [-0.15, -0.1) is 6.58 Å². The van der Waals surface area contributed by atoms with Gasteiger partial charge in [0.05, 0.1) is 6.26 Å². The molecule has 1 rings (SSSR count). The molecule has 6 nitrogen and oxygen atoms in total. The molecule has 1 atom stereocenters. The van der Waals surface area contributed by atoms with E-state index in [1.54, 1.807) is 24.3 Å². The van der Waals surface area contributed by atoms with Crippen molar-refractivity contribution < 1.29 is 13.2 Å². The molecular weight excluding hydrogens is 302 g/mol. The van der Waals surface area contributed by atoms with Crippen molar-refractivity contribution in [1.29, 1.82) is 0 Å². The highest BCUT2D eigenvalue weighted by Gasteiger charge is 2.08. The lowest BCUT2D eigenvalue weighted by molar-refractivity contribution is 0.236. The van der Waals surface area contributed by atoms with Gasteiger partial charge in [0, 0.05) is 18.3 Å². The van der Waals surface area contributed by atoms with Gasteiger partial charge < -0.3 is 10.6 Å². The Hall–Kier alpha value is -2.02. The molecule has 0 aliphatic carbocycles. The van der Waals surface area contributed by atoms with Crippen LogP contribution in [-0.4, -0.2) is 26.7 Å². The third kappa shape index (κ3) is 7.12. The quantitative estimate of drug-likeness (QED) is 0.640. The Morgan fingerprint density at radius 1 is 1.41 bits per heavy atom. The maximum Gasteiger partial charge on any atom is 0.315 e. The predicted molar refractivity (Wildman–Crippen MR) is 89.2 cm³/mol. The molecule has 0 aliphatic rings. The van der Waals surface area contributed by atoms with E-state index in [1.165, 1.54) is 0 Å². The molecule has 0 aromatic heterocycles. The van der Waals surface area contributed by atoms with Crippen molar-refractivity contribution in [1.82, 2.24) is 10.6 Å². The monoisotopic (exact) mass is 325 g/mol. The molecule has 0 aliphatic heterocycles. The van der Waals surface area contributed by atoms with Gasteiger partial charge in [0.15, 0.2) is 0 Å². The van der Waals surface area contributed by atoms with Crippen molar-refractivity contribution in [3.63, 3.8) is 0 Å². The number of sulfonamides is 1. The first-order chi connectivity index (χ1) is 10.3. The van der Waals surface area contributed by atoms with E-state index in [0.717, 1.165) is 24.7 Å². The van der Waals surface area contributed by atoms with Crippen molar-refractivity contribution in [3.05, 3.63) is 42.5 Å². The molecule has 0 radical (unpaired) electrons. The highest BCUT2D eigenvalue weighted by Crippen LogP contribution is 2.11. The summed E-state index contributed by atoms with van der Waals surface area (Å²) in [6, 6.07) is 6.69. The summed E-state index contributed by atoms with van der Waals surface area (Å²) >= 11 is 0. The average Bonchev–Trinajstić information content (AvgIpc) is 2.43. The van der Waals surface area contributed by atoms with Crippen LogP contribution in [0.4, 0.5) is 10.5 Å². The Bertz CT molecular complexity index is 614.